The zero-order valence-corrected chi connectivity index (χ0v) is 11.8. The molecule has 0 aliphatic rings. The number of hydrogen-bond donors (Lipinski definition) is 1. The number of nitrogens with zero attached hydrogens (tertiary/aromatic N) is 2. The predicted molar refractivity (Wildman–Crippen MR) is 72.1 cm³/mol. The standard InChI is InChI=1S/C13H15BrN2O2/c1-16-11(10(14)8-15-16)12(17)13(18-2)9-6-4-3-5-7-9/h3-8,12-13,17H,1-2H3. The largest absolute Gasteiger partial charge is 0.384 e. The van der Waals surface area contributed by atoms with E-state index in [9.17, 15) is 5.11 Å². The second-order valence-electron chi connectivity index (χ2n) is 4.01. The van der Waals surface area contributed by atoms with Crippen LogP contribution in [0.1, 0.15) is 23.5 Å². The third-order valence-corrected chi connectivity index (χ3v) is 3.50. The van der Waals surface area contributed by atoms with Crippen molar-refractivity contribution in [3.05, 3.63) is 52.3 Å². The Labute approximate surface area is 114 Å². The highest BCUT2D eigenvalue weighted by molar-refractivity contribution is 9.10. The topological polar surface area (TPSA) is 47.3 Å². The van der Waals surface area contributed by atoms with Crippen molar-refractivity contribution in [1.29, 1.82) is 0 Å². The van der Waals surface area contributed by atoms with Gasteiger partial charge in [0.25, 0.3) is 0 Å². The number of ether oxygens (including phenoxy) is 1. The van der Waals surface area contributed by atoms with Crippen LogP contribution in [-0.2, 0) is 11.8 Å². The van der Waals surface area contributed by atoms with E-state index in [1.54, 1.807) is 25.0 Å². The lowest BCUT2D eigenvalue weighted by molar-refractivity contribution is -0.0191. The number of rotatable bonds is 4. The molecule has 0 radical (unpaired) electrons. The first-order chi connectivity index (χ1) is 8.65. The van der Waals surface area contributed by atoms with Crippen LogP contribution in [-0.4, -0.2) is 22.0 Å². The van der Waals surface area contributed by atoms with Crippen molar-refractivity contribution in [2.24, 2.45) is 7.05 Å². The number of aromatic nitrogens is 2. The third kappa shape index (κ3) is 2.48. The minimum atomic E-state index is -0.778. The van der Waals surface area contributed by atoms with Gasteiger partial charge in [0.05, 0.1) is 16.4 Å². The van der Waals surface area contributed by atoms with Crippen LogP contribution in [0.2, 0.25) is 0 Å². The molecule has 0 spiro atoms. The van der Waals surface area contributed by atoms with Gasteiger partial charge in [-0.05, 0) is 21.5 Å². The molecule has 18 heavy (non-hydrogen) atoms. The van der Waals surface area contributed by atoms with Crippen LogP contribution in [0.3, 0.4) is 0 Å². The second kappa shape index (κ2) is 5.65. The Bertz CT molecular complexity index is 493. The predicted octanol–water partition coefficient (Wildman–Crippen LogP) is 2.60. The van der Waals surface area contributed by atoms with Crippen molar-refractivity contribution in [1.82, 2.24) is 9.78 Å². The maximum atomic E-state index is 10.5. The van der Waals surface area contributed by atoms with Crippen molar-refractivity contribution >= 4 is 15.9 Å². The fourth-order valence-corrected chi connectivity index (χ4v) is 2.57. The lowest BCUT2D eigenvalue weighted by Gasteiger charge is -2.22. The maximum Gasteiger partial charge on any atom is 0.127 e. The molecule has 0 amide bonds. The van der Waals surface area contributed by atoms with E-state index in [4.69, 9.17) is 4.74 Å². The normalized spacial score (nSPS) is 14.4. The number of aliphatic hydroxyl groups excluding tert-OH is 1. The SMILES string of the molecule is COC(c1ccccc1)C(O)c1c(Br)cnn1C. The van der Waals surface area contributed by atoms with E-state index < -0.39 is 12.2 Å². The van der Waals surface area contributed by atoms with E-state index in [2.05, 4.69) is 21.0 Å². The Morgan fingerprint density at radius 3 is 2.50 bits per heavy atom. The molecule has 1 N–H and O–H groups in total. The molecule has 0 fully saturated rings. The quantitative estimate of drug-likeness (QED) is 0.944. The average Bonchev–Trinajstić information content (AvgIpc) is 2.71. The molecule has 0 saturated carbocycles. The number of benzene rings is 1. The van der Waals surface area contributed by atoms with Gasteiger partial charge in [0.15, 0.2) is 0 Å². The third-order valence-electron chi connectivity index (χ3n) is 2.89. The van der Waals surface area contributed by atoms with E-state index in [0.29, 0.717) is 5.69 Å². The van der Waals surface area contributed by atoms with Gasteiger partial charge >= 0.3 is 0 Å². The summed E-state index contributed by atoms with van der Waals surface area (Å²) >= 11 is 3.39. The average molecular weight is 311 g/mol. The summed E-state index contributed by atoms with van der Waals surface area (Å²) < 4.78 is 7.84. The molecule has 0 bridgehead atoms. The molecular weight excluding hydrogens is 296 g/mol. The zero-order chi connectivity index (χ0) is 13.1. The smallest absolute Gasteiger partial charge is 0.127 e. The minimum Gasteiger partial charge on any atom is -0.384 e. The first kappa shape index (κ1) is 13.3. The van der Waals surface area contributed by atoms with Crippen LogP contribution in [0.25, 0.3) is 0 Å². The molecule has 0 saturated heterocycles. The van der Waals surface area contributed by atoms with Crippen molar-refractivity contribution in [3.63, 3.8) is 0 Å². The maximum absolute atomic E-state index is 10.5. The molecule has 4 nitrogen and oxygen atoms in total. The monoisotopic (exact) mass is 310 g/mol. The lowest BCUT2D eigenvalue weighted by atomic mass is 10.0. The van der Waals surface area contributed by atoms with Crippen LogP contribution < -0.4 is 0 Å². The summed E-state index contributed by atoms with van der Waals surface area (Å²) in [4.78, 5) is 0. The summed E-state index contributed by atoms with van der Waals surface area (Å²) in [5.41, 5.74) is 1.63. The van der Waals surface area contributed by atoms with Crippen LogP contribution in [0, 0.1) is 0 Å². The van der Waals surface area contributed by atoms with Gasteiger partial charge < -0.3 is 9.84 Å². The highest BCUT2D eigenvalue weighted by Crippen LogP contribution is 2.34. The molecule has 1 aromatic carbocycles. The molecule has 2 rings (SSSR count). The highest BCUT2D eigenvalue weighted by Gasteiger charge is 2.26. The van der Waals surface area contributed by atoms with Crippen LogP contribution in [0.4, 0.5) is 0 Å². The molecule has 0 aliphatic heterocycles. The Kier molecular flexibility index (Phi) is 4.16. The van der Waals surface area contributed by atoms with Gasteiger partial charge in [-0.3, -0.25) is 4.68 Å². The first-order valence-corrected chi connectivity index (χ1v) is 6.37. The molecular formula is C13H15BrN2O2. The van der Waals surface area contributed by atoms with Crippen LogP contribution in [0.15, 0.2) is 41.0 Å². The van der Waals surface area contributed by atoms with Crippen LogP contribution >= 0.6 is 15.9 Å². The second-order valence-corrected chi connectivity index (χ2v) is 4.87. The number of methoxy groups -OCH3 is 1. The fourth-order valence-electron chi connectivity index (χ4n) is 1.99. The summed E-state index contributed by atoms with van der Waals surface area (Å²) in [5.74, 6) is 0. The van der Waals surface area contributed by atoms with E-state index in [1.807, 2.05) is 30.3 Å². The van der Waals surface area contributed by atoms with Crippen molar-refractivity contribution in [2.45, 2.75) is 12.2 Å². The summed E-state index contributed by atoms with van der Waals surface area (Å²) in [5, 5.41) is 14.6. The number of hydrogen-bond acceptors (Lipinski definition) is 3. The lowest BCUT2D eigenvalue weighted by Crippen LogP contribution is -2.16. The molecule has 2 unspecified atom stereocenters. The van der Waals surface area contributed by atoms with Gasteiger partial charge in [0.2, 0.25) is 0 Å². The Morgan fingerprint density at radius 2 is 2.00 bits per heavy atom. The van der Waals surface area contributed by atoms with E-state index in [0.717, 1.165) is 10.0 Å². The van der Waals surface area contributed by atoms with Gasteiger partial charge in [0, 0.05) is 14.2 Å². The number of aryl methyl sites for hydroxylation is 1. The van der Waals surface area contributed by atoms with E-state index in [1.165, 1.54) is 0 Å². The summed E-state index contributed by atoms with van der Waals surface area (Å²) in [7, 11) is 3.38. The summed E-state index contributed by atoms with van der Waals surface area (Å²) in [6, 6.07) is 9.64. The van der Waals surface area contributed by atoms with Gasteiger partial charge in [-0.15, -0.1) is 0 Å². The van der Waals surface area contributed by atoms with Crippen LogP contribution in [0.5, 0.6) is 0 Å². The molecule has 1 aromatic heterocycles. The van der Waals surface area contributed by atoms with Gasteiger partial charge in [0.1, 0.15) is 12.2 Å². The van der Waals surface area contributed by atoms with Gasteiger partial charge in [-0.25, -0.2) is 0 Å². The Balaban J connectivity index is 2.34. The molecule has 0 aliphatic carbocycles. The minimum absolute atomic E-state index is 0.419. The Hall–Kier alpha value is -1.17. The van der Waals surface area contributed by atoms with E-state index in [-0.39, 0.29) is 0 Å². The van der Waals surface area contributed by atoms with E-state index >= 15 is 0 Å². The fraction of sp³-hybridized carbons (Fsp3) is 0.308. The molecule has 5 heteroatoms. The van der Waals surface area contributed by atoms with Gasteiger partial charge in [-0.1, -0.05) is 30.3 Å². The highest BCUT2D eigenvalue weighted by atomic mass is 79.9. The zero-order valence-electron chi connectivity index (χ0n) is 10.2. The van der Waals surface area contributed by atoms with Gasteiger partial charge in [-0.2, -0.15) is 5.10 Å². The molecule has 2 atom stereocenters. The van der Waals surface area contributed by atoms with Crippen molar-refractivity contribution in [3.8, 4) is 0 Å². The Morgan fingerprint density at radius 1 is 1.33 bits per heavy atom. The number of halogens is 1. The molecule has 96 valence electrons. The van der Waals surface area contributed by atoms with Crippen molar-refractivity contribution in [2.75, 3.05) is 7.11 Å². The first-order valence-electron chi connectivity index (χ1n) is 5.58. The summed E-state index contributed by atoms with van der Waals surface area (Å²) in [6.45, 7) is 0. The molecule has 1 heterocycles. The van der Waals surface area contributed by atoms with Crippen molar-refractivity contribution < 1.29 is 9.84 Å². The summed E-state index contributed by atoms with van der Waals surface area (Å²) in [6.07, 6.45) is 0.466. The molecule has 2 aromatic rings. The number of aliphatic hydroxyl groups is 1.